The zero-order chi connectivity index (χ0) is 20.7. The van der Waals surface area contributed by atoms with Gasteiger partial charge in [0.2, 0.25) is 0 Å². The lowest BCUT2D eigenvalue weighted by Gasteiger charge is -2.24. The van der Waals surface area contributed by atoms with E-state index in [0.29, 0.717) is 6.04 Å². The highest BCUT2D eigenvalue weighted by Crippen LogP contribution is 2.44. The van der Waals surface area contributed by atoms with Crippen molar-refractivity contribution in [1.29, 1.82) is 0 Å². The molecular formula is C22H26N6S2. The fraction of sp³-hybridized carbons (Fsp3) is 0.455. The van der Waals surface area contributed by atoms with Gasteiger partial charge in [-0.1, -0.05) is 18.2 Å². The number of imidazole rings is 1. The van der Waals surface area contributed by atoms with E-state index in [-0.39, 0.29) is 0 Å². The van der Waals surface area contributed by atoms with Gasteiger partial charge < -0.3 is 15.2 Å². The van der Waals surface area contributed by atoms with E-state index in [1.54, 1.807) is 18.0 Å². The Labute approximate surface area is 186 Å². The maximum absolute atomic E-state index is 5.58. The highest BCUT2D eigenvalue weighted by atomic mass is 32.2. The van der Waals surface area contributed by atoms with Gasteiger partial charge in [-0.3, -0.25) is 0 Å². The van der Waals surface area contributed by atoms with E-state index in [4.69, 9.17) is 17.2 Å². The summed E-state index contributed by atoms with van der Waals surface area (Å²) in [6.45, 7) is 1.98. The van der Waals surface area contributed by atoms with Crippen molar-refractivity contribution in [2.75, 3.05) is 5.32 Å². The normalized spacial score (nSPS) is 22.5. The quantitative estimate of drug-likeness (QED) is 0.347. The summed E-state index contributed by atoms with van der Waals surface area (Å²) in [7, 11) is 2.05. The third-order valence-electron chi connectivity index (χ3n) is 6.39. The molecule has 0 saturated heterocycles. The van der Waals surface area contributed by atoms with Crippen LogP contribution in [0.15, 0.2) is 35.6 Å². The second-order valence-electron chi connectivity index (χ2n) is 8.44. The molecule has 2 aromatic heterocycles. The van der Waals surface area contributed by atoms with Crippen molar-refractivity contribution in [2.24, 2.45) is 18.9 Å². The van der Waals surface area contributed by atoms with Gasteiger partial charge in [0.1, 0.15) is 5.82 Å². The Kier molecular flexibility index (Phi) is 5.37. The Morgan fingerprint density at radius 1 is 1.23 bits per heavy atom. The minimum atomic E-state index is 0.537. The summed E-state index contributed by atoms with van der Waals surface area (Å²) in [5.74, 6) is 3.42. The van der Waals surface area contributed by atoms with Crippen LogP contribution in [0.1, 0.15) is 37.2 Å². The average molecular weight is 439 g/mol. The van der Waals surface area contributed by atoms with E-state index >= 15 is 0 Å². The molecule has 1 aromatic carbocycles. The molecule has 156 valence electrons. The second-order valence-corrected chi connectivity index (χ2v) is 9.79. The number of rotatable bonds is 5. The van der Waals surface area contributed by atoms with Gasteiger partial charge >= 0.3 is 0 Å². The van der Waals surface area contributed by atoms with Gasteiger partial charge in [0.15, 0.2) is 10.3 Å². The maximum Gasteiger partial charge on any atom is 0.188 e. The molecule has 3 atom stereocenters. The number of thioether (sulfide) groups is 1. The number of aromatic nitrogens is 4. The summed E-state index contributed by atoms with van der Waals surface area (Å²) in [5.41, 5.74) is 4.02. The Morgan fingerprint density at radius 3 is 2.90 bits per heavy atom. The summed E-state index contributed by atoms with van der Waals surface area (Å²) < 4.78 is 2.13. The lowest BCUT2D eigenvalue weighted by Crippen LogP contribution is -2.40. The lowest BCUT2D eigenvalue weighted by molar-refractivity contribution is 0.392. The van der Waals surface area contributed by atoms with Crippen LogP contribution in [0.2, 0.25) is 0 Å². The van der Waals surface area contributed by atoms with Gasteiger partial charge in [-0.2, -0.15) is 0 Å². The van der Waals surface area contributed by atoms with E-state index in [9.17, 15) is 0 Å². The third kappa shape index (κ3) is 4.03. The topological polar surface area (TPSA) is 67.7 Å². The summed E-state index contributed by atoms with van der Waals surface area (Å²) in [4.78, 5) is 13.6. The molecular weight excluding hydrogens is 412 g/mol. The molecule has 3 aromatic rings. The SMILES string of the molecule is Cc1ccnc(SCc2nc3cc(NC(=S)N[C@H]4C[C@H]5CC[C@H]4C5)ccc3n2C)n1. The number of aryl methyl sites for hydroxylation is 2. The Bertz CT molecular complexity index is 1090. The fourth-order valence-electron chi connectivity index (χ4n) is 4.84. The minimum absolute atomic E-state index is 0.537. The predicted molar refractivity (Wildman–Crippen MR) is 126 cm³/mol. The number of anilines is 1. The molecule has 5 rings (SSSR count). The summed E-state index contributed by atoms with van der Waals surface area (Å²) >= 11 is 7.19. The van der Waals surface area contributed by atoms with Crippen molar-refractivity contribution < 1.29 is 0 Å². The Hall–Kier alpha value is -2.19. The molecule has 0 radical (unpaired) electrons. The van der Waals surface area contributed by atoms with Gasteiger partial charge in [0.25, 0.3) is 0 Å². The molecule has 2 aliphatic carbocycles. The van der Waals surface area contributed by atoms with Crippen molar-refractivity contribution in [2.45, 2.75) is 49.6 Å². The van der Waals surface area contributed by atoms with E-state index in [2.05, 4.69) is 50.4 Å². The second kappa shape index (κ2) is 8.15. The van der Waals surface area contributed by atoms with Gasteiger partial charge in [-0.15, -0.1) is 0 Å². The molecule has 0 aliphatic heterocycles. The number of benzene rings is 1. The van der Waals surface area contributed by atoms with Crippen molar-refractivity contribution >= 4 is 45.8 Å². The van der Waals surface area contributed by atoms with Crippen molar-refractivity contribution in [3.63, 3.8) is 0 Å². The molecule has 8 heteroatoms. The van der Waals surface area contributed by atoms with E-state index in [1.807, 2.05) is 13.0 Å². The molecule has 2 saturated carbocycles. The molecule has 2 fully saturated rings. The van der Waals surface area contributed by atoms with Gasteiger partial charge in [0, 0.05) is 30.7 Å². The molecule has 30 heavy (non-hydrogen) atoms. The molecule has 2 aliphatic rings. The smallest absolute Gasteiger partial charge is 0.188 e. The van der Waals surface area contributed by atoms with Crippen LogP contribution in [0.4, 0.5) is 5.69 Å². The van der Waals surface area contributed by atoms with Crippen LogP contribution in [-0.4, -0.2) is 30.7 Å². The lowest BCUT2D eigenvalue weighted by atomic mass is 9.96. The zero-order valence-corrected chi connectivity index (χ0v) is 18.9. The molecule has 6 nitrogen and oxygen atoms in total. The highest BCUT2D eigenvalue weighted by molar-refractivity contribution is 7.98. The number of nitrogens with zero attached hydrogens (tertiary/aromatic N) is 4. The van der Waals surface area contributed by atoms with Crippen LogP contribution in [0.5, 0.6) is 0 Å². The van der Waals surface area contributed by atoms with Crippen molar-refractivity contribution in [3.8, 4) is 0 Å². The number of fused-ring (bicyclic) bond motifs is 3. The number of hydrogen-bond acceptors (Lipinski definition) is 5. The van der Waals surface area contributed by atoms with Crippen LogP contribution < -0.4 is 10.6 Å². The zero-order valence-electron chi connectivity index (χ0n) is 17.3. The van der Waals surface area contributed by atoms with Crippen LogP contribution in [0, 0.1) is 18.8 Å². The average Bonchev–Trinajstić information content (AvgIpc) is 3.41. The van der Waals surface area contributed by atoms with E-state index < -0.39 is 0 Å². The Balaban J connectivity index is 1.25. The monoisotopic (exact) mass is 438 g/mol. The van der Waals surface area contributed by atoms with E-state index in [1.165, 1.54) is 25.7 Å². The first kappa shape index (κ1) is 19.8. The Morgan fingerprint density at radius 2 is 2.13 bits per heavy atom. The standard InChI is InChI=1S/C22H26N6S2/c1-13-7-8-23-22(24-13)30-12-20-26-18-11-16(5-6-19(18)28(20)2)25-21(29)27-17-10-14-3-4-15(17)9-14/h5-8,11,14-15,17H,3-4,9-10,12H2,1-2H3,(H2,25,27,29)/t14-,15-,17-/m0/s1. The number of nitrogens with one attached hydrogen (secondary N) is 2. The largest absolute Gasteiger partial charge is 0.359 e. The predicted octanol–water partition coefficient (Wildman–Crippen LogP) is 4.44. The molecule has 2 N–H and O–H groups in total. The first-order chi connectivity index (χ1) is 14.5. The molecule has 2 bridgehead atoms. The van der Waals surface area contributed by atoms with Crippen LogP contribution in [0.3, 0.4) is 0 Å². The number of thiocarbonyl (C=S) groups is 1. The van der Waals surface area contributed by atoms with Crippen molar-refractivity contribution in [3.05, 3.63) is 42.0 Å². The van der Waals surface area contributed by atoms with Gasteiger partial charge in [-0.25, -0.2) is 15.0 Å². The van der Waals surface area contributed by atoms with Crippen LogP contribution in [-0.2, 0) is 12.8 Å². The molecule has 0 unspecified atom stereocenters. The third-order valence-corrected chi connectivity index (χ3v) is 7.47. The molecule has 0 spiro atoms. The van der Waals surface area contributed by atoms with E-state index in [0.717, 1.165) is 56.1 Å². The van der Waals surface area contributed by atoms with Gasteiger partial charge in [-0.05, 0) is 74.5 Å². The molecule has 2 heterocycles. The maximum atomic E-state index is 5.58. The minimum Gasteiger partial charge on any atom is -0.359 e. The number of hydrogen-bond donors (Lipinski definition) is 2. The summed E-state index contributed by atoms with van der Waals surface area (Å²) in [5, 5.41) is 8.40. The van der Waals surface area contributed by atoms with Crippen LogP contribution in [0.25, 0.3) is 11.0 Å². The van der Waals surface area contributed by atoms with Crippen LogP contribution >= 0.6 is 24.0 Å². The van der Waals surface area contributed by atoms with Crippen molar-refractivity contribution in [1.82, 2.24) is 24.8 Å². The molecule has 0 amide bonds. The summed E-state index contributed by atoms with van der Waals surface area (Å²) in [6.07, 6.45) is 7.17. The highest BCUT2D eigenvalue weighted by Gasteiger charge is 2.39. The summed E-state index contributed by atoms with van der Waals surface area (Å²) in [6, 6.07) is 8.68. The first-order valence-corrected chi connectivity index (χ1v) is 11.9. The fourth-order valence-corrected chi connectivity index (χ4v) is 5.97. The van der Waals surface area contributed by atoms with Gasteiger partial charge in [0.05, 0.1) is 16.8 Å². The first-order valence-electron chi connectivity index (χ1n) is 10.5.